The van der Waals surface area contributed by atoms with Crippen molar-refractivity contribution in [3.05, 3.63) is 75.6 Å². The van der Waals surface area contributed by atoms with E-state index in [0.29, 0.717) is 5.52 Å². The van der Waals surface area contributed by atoms with Gasteiger partial charge in [-0.3, -0.25) is 4.57 Å². The second-order valence-corrected chi connectivity index (χ2v) is 4.74. The Balaban J connectivity index is 2.12. The first kappa shape index (κ1) is 13.1. The summed E-state index contributed by atoms with van der Waals surface area (Å²) in [5.41, 5.74) is 2.01. The van der Waals surface area contributed by atoms with E-state index in [4.69, 9.17) is 0 Å². The molecule has 0 fully saturated rings. The fourth-order valence-corrected chi connectivity index (χ4v) is 2.38. The number of hydrogen-bond donors (Lipinski definition) is 0. The van der Waals surface area contributed by atoms with E-state index in [9.17, 15) is 9.70 Å². The number of nitroso groups, excluding NO2 is 1. The molecule has 21 heavy (non-hydrogen) atoms. The first-order chi connectivity index (χ1) is 10.2. The first-order valence-corrected chi connectivity index (χ1v) is 6.54. The fraction of sp³-hybridized carbons (Fsp3) is 0.133. The van der Waals surface area contributed by atoms with Crippen LogP contribution in [0.4, 0.5) is 0 Å². The Morgan fingerprint density at radius 1 is 1.00 bits per heavy atom. The minimum Gasteiger partial charge on any atom is -0.293 e. The van der Waals surface area contributed by atoms with Crippen molar-refractivity contribution in [2.45, 2.75) is 6.54 Å². The summed E-state index contributed by atoms with van der Waals surface area (Å²) in [4.78, 5) is 23.6. The van der Waals surface area contributed by atoms with Crippen molar-refractivity contribution < 1.29 is 0 Å². The summed E-state index contributed by atoms with van der Waals surface area (Å²) in [6.45, 7) is 0.234. The molecule has 0 amide bonds. The molecule has 0 aliphatic carbocycles. The van der Waals surface area contributed by atoms with Gasteiger partial charge in [0.1, 0.15) is 0 Å². The van der Waals surface area contributed by atoms with Crippen LogP contribution in [-0.2, 0) is 13.6 Å². The van der Waals surface area contributed by atoms with E-state index >= 15 is 0 Å². The Morgan fingerprint density at radius 3 is 2.29 bits per heavy atom. The number of aryl methyl sites for hydroxylation is 1. The Kier molecular flexibility index (Phi) is 3.27. The summed E-state index contributed by atoms with van der Waals surface area (Å²) in [5, 5.41) is 4.15. The van der Waals surface area contributed by atoms with Crippen LogP contribution < -0.4 is 10.8 Å². The van der Waals surface area contributed by atoms with Gasteiger partial charge in [-0.25, -0.2) is 4.79 Å². The maximum Gasteiger partial charge on any atom is 0.349 e. The molecular formula is C15H14N4O2. The van der Waals surface area contributed by atoms with Gasteiger partial charge in [0.15, 0.2) is 0 Å². The van der Waals surface area contributed by atoms with Crippen LogP contribution in [0.1, 0.15) is 5.56 Å². The lowest BCUT2D eigenvalue weighted by atomic mass is 10.2. The van der Waals surface area contributed by atoms with Crippen LogP contribution in [0, 0.1) is 4.91 Å². The number of fused-ring (bicyclic) bond motifs is 1. The maximum atomic E-state index is 12.4. The highest BCUT2D eigenvalue weighted by Gasteiger charge is 2.16. The van der Waals surface area contributed by atoms with Crippen LogP contribution >= 0.6 is 0 Å². The summed E-state index contributed by atoms with van der Waals surface area (Å²) in [5.74, 6) is 0. The molecular weight excluding hydrogens is 268 g/mol. The second kappa shape index (κ2) is 5.24. The molecule has 3 aromatic rings. The average molecular weight is 282 g/mol. The van der Waals surface area contributed by atoms with Crippen LogP contribution in [0.3, 0.4) is 0 Å². The molecule has 6 heteroatoms. The fourth-order valence-electron chi connectivity index (χ4n) is 2.38. The summed E-state index contributed by atoms with van der Waals surface area (Å²) in [7, 11) is 1.67. The second-order valence-electron chi connectivity index (χ2n) is 4.74. The van der Waals surface area contributed by atoms with Crippen molar-refractivity contribution in [3.63, 3.8) is 0 Å². The molecule has 0 aliphatic heterocycles. The number of nitrogens with zero attached hydrogens (tertiary/aromatic N) is 4. The molecule has 0 bridgehead atoms. The highest BCUT2D eigenvalue weighted by atomic mass is 16.3. The van der Waals surface area contributed by atoms with E-state index in [0.717, 1.165) is 16.2 Å². The van der Waals surface area contributed by atoms with Crippen LogP contribution in [0.15, 0.2) is 64.7 Å². The van der Waals surface area contributed by atoms with Crippen LogP contribution in [0.25, 0.3) is 11.0 Å². The molecule has 0 spiro atoms. The summed E-state index contributed by atoms with van der Waals surface area (Å²) in [6, 6.07) is 16.7. The molecule has 3 rings (SSSR count). The molecule has 1 heterocycles. The SMILES string of the molecule is Cn1c(=O)n(N(Cc2ccccc2)N=O)c2ccccc21. The predicted molar refractivity (Wildman–Crippen MR) is 81.3 cm³/mol. The Bertz CT molecular complexity index is 836. The van der Waals surface area contributed by atoms with Crippen molar-refractivity contribution in [3.8, 4) is 0 Å². The zero-order valence-corrected chi connectivity index (χ0v) is 11.5. The van der Waals surface area contributed by atoms with Gasteiger partial charge in [0.2, 0.25) is 0 Å². The van der Waals surface area contributed by atoms with Gasteiger partial charge in [0, 0.05) is 7.05 Å². The molecule has 0 N–H and O–H groups in total. The molecule has 0 aliphatic rings. The highest BCUT2D eigenvalue weighted by molar-refractivity contribution is 5.76. The molecule has 106 valence electrons. The third-order valence-electron chi connectivity index (χ3n) is 3.43. The minimum absolute atomic E-state index is 0.234. The van der Waals surface area contributed by atoms with Crippen molar-refractivity contribution in [2.75, 3.05) is 5.12 Å². The number of aromatic nitrogens is 2. The van der Waals surface area contributed by atoms with E-state index in [1.807, 2.05) is 48.5 Å². The van der Waals surface area contributed by atoms with Crippen molar-refractivity contribution in [1.82, 2.24) is 9.24 Å². The van der Waals surface area contributed by atoms with E-state index in [2.05, 4.69) is 5.29 Å². The topological polar surface area (TPSA) is 59.6 Å². The van der Waals surface area contributed by atoms with Crippen LogP contribution in [-0.4, -0.2) is 9.24 Å². The minimum atomic E-state index is -0.299. The summed E-state index contributed by atoms with van der Waals surface area (Å²) < 4.78 is 2.80. The van der Waals surface area contributed by atoms with E-state index in [-0.39, 0.29) is 12.2 Å². The monoisotopic (exact) mass is 282 g/mol. The number of imidazole rings is 1. The summed E-state index contributed by atoms with van der Waals surface area (Å²) >= 11 is 0. The first-order valence-electron chi connectivity index (χ1n) is 6.54. The molecule has 0 atom stereocenters. The third-order valence-corrected chi connectivity index (χ3v) is 3.43. The summed E-state index contributed by atoms with van der Waals surface area (Å²) in [6.07, 6.45) is 0. The zero-order valence-electron chi connectivity index (χ0n) is 11.5. The zero-order chi connectivity index (χ0) is 14.8. The van der Waals surface area contributed by atoms with Crippen molar-refractivity contribution in [2.24, 2.45) is 12.3 Å². The van der Waals surface area contributed by atoms with Crippen LogP contribution in [0.2, 0.25) is 0 Å². The van der Waals surface area contributed by atoms with Crippen LogP contribution in [0.5, 0.6) is 0 Å². The predicted octanol–water partition coefficient (Wildman–Crippen LogP) is 2.16. The number of hydrogen-bond acceptors (Lipinski definition) is 3. The lowest BCUT2D eigenvalue weighted by molar-refractivity contribution is 0.585. The molecule has 0 radical (unpaired) electrons. The smallest absolute Gasteiger partial charge is 0.293 e. The molecule has 2 aromatic carbocycles. The van der Waals surface area contributed by atoms with Crippen molar-refractivity contribution >= 4 is 11.0 Å². The van der Waals surface area contributed by atoms with Gasteiger partial charge in [0.25, 0.3) is 0 Å². The molecule has 0 saturated carbocycles. The number of rotatable bonds is 4. The largest absolute Gasteiger partial charge is 0.349 e. The standard InChI is InChI=1S/C15H14N4O2/c1-17-13-9-5-6-10-14(13)19(15(17)20)18(16-21)11-12-7-3-2-4-8-12/h2-10H,11H2,1H3. The van der Waals surface area contributed by atoms with Gasteiger partial charge in [-0.15, -0.1) is 4.91 Å². The van der Waals surface area contributed by atoms with Gasteiger partial charge >= 0.3 is 5.69 Å². The van der Waals surface area contributed by atoms with E-state index in [1.54, 1.807) is 13.1 Å². The lowest BCUT2D eigenvalue weighted by Crippen LogP contribution is -2.37. The number of benzene rings is 2. The average Bonchev–Trinajstić information content (AvgIpc) is 2.78. The lowest BCUT2D eigenvalue weighted by Gasteiger charge is -2.15. The third kappa shape index (κ3) is 2.20. The van der Waals surface area contributed by atoms with E-state index in [1.165, 1.54) is 9.24 Å². The van der Waals surface area contributed by atoms with Gasteiger partial charge < -0.3 is 0 Å². The molecule has 1 aromatic heterocycles. The van der Waals surface area contributed by atoms with Crippen molar-refractivity contribution in [1.29, 1.82) is 0 Å². The Morgan fingerprint density at radius 2 is 1.62 bits per heavy atom. The quantitative estimate of drug-likeness (QED) is 0.544. The molecule has 6 nitrogen and oxygen atoms in total. The Hall–Kier alpha value is -2.89. The van der Waals surface area contributed by atoms with Gasteiger partial charge in [-0.05, 0) is 17.7 Å². The number of para-hydroxylation sites is 2. The van der Waals surface area contributed by atoms with Gasteiger partial charge in [-0.1, -0.05) is 42.5 Å². The molecule has 0 unspecified atom stereocenters. The van der Waals surface area contributed by atoms with E-state index < -0.39 is 0 Å². The highest BCUT2D eigenvalue weighted by Crippen LogP contribution is 2.13. The maximum absolute atomic E-state index is 12.4. The normalized spacial score (nSPS) is 10.7. The van der Waals surface area contributed by atoms with Gasteiger partial charge in [0.05, 0.1) is 22.9 Å². The van der Waals surface area contributed by atoms with Gasteiger partial charge in [-0.2, -0.15) is 9.79 Å². The molecule has 0 saturated heterocycles. The Labute approximate surface area is 120 Å².